The number of rotatable bonds is 26. The summed E-state index contributed by atoms with van der Waals surface area (Å²) in [6.07, 6.45) is 12.1. The SMILES string of the molecule is CCCCOc1nc(N)c2c(n1)N(Cc1cc3c(cc1Nc1nc(OCCCC)nc4c1NC(=O)CN4C(C)c1ccc(C#N)c(Nc4nc(OCCCC)nc5c4NC(=O)CN5C(C)c4cccc(CN5CCCC5)c4)c1)CCN(CC1CCC1)C3)CC(=O)N2. The van der Waals surface area contributed by atoms with E-state index < -0.39 is 6.04 Å². The third-order valence-electron chi connectivity index (χ3n) is 18.2. The highest BCUT2D eigenvalue weighted by Gasteiger charge is 2.36. The fraction of sp³-hybridized carbons (Fsp3) is 0.493. The third kappa shape index (κ3) is 14.1. The van der Waals surface area contributed by atoms with E-state index in [0.717, 1.165) is 101 Å². The molecule has 2 unspecified atom stereocenters. The molecule has 6 aromatic rings. The number of ether oxygens (including phenoxy) is 3. The number of benzene rings is 3. The van der Waals surface area contributed by atoms with Crippen LogP contribution in [0.1, 0.15) is 156 Å². The number of anilines is 11. The molecule has 7 N–H and O–H groups in total. The highest BCUT2D eigenvalue weighted by atomic mass is 16.5. The van der Waals surface area contributed by atoms with Crippen LogP contribution < -0.4 is 61.2 Å². The number of nitrogens with one attached hydrogen (secondary N) is 5. The lowest BCUT2D eigenvalue weighted by atomic mass is 9.84. The summed E-state index contributed by atoms with van der Waals surface area (Å²) < 4.78 is 18.5. The fourth-order valence-electron chi connectivity index (χ4n) is 12.8. The van der Waals surface area contributed by atoms with Gasteiger partial charge in [0.05, 0.1) is 62.8 Å². The number of carbonyl (C=O) groups is 3. The smallest absolute Gasteiger partial charge is 0.320 e. The Morgan fingerprint density at radius 1 is 0.615 bits per heavy atom. The molecule has 0 spiro atoms. The van der Waals surface area contributed by atoms with E-state index in [-0.39, 0.29) is 79.6 Å². The summed E-state index contributed by atoms with van der Waals surface area (Å²) in [4.78, 5) is 81.5. The van der Waals surface area contributed by atoms with Crippen molar-refractivity contribution in [2.75, 3.05) is 113 Å². The van der Waals surface area contributed by atoms with Gasteiger partial charge < -0.3 is 61.2 Å². The van der Waals surface area contributed by atoms with Crippen molar-refractivity contribution in [2.24, 2.45) is 5.92 Å². The van der Waals surface area contributed by atoms with Crippen LogP contribution in [0.25, 0.3) is 0 Å². The van der Waals surface area contributed by atoms with Crippen LogP contribution in [0.5, 0.6) is 18.0 Å². The van der Waals surface area contributed by atoms with E-state index in [0.29, 0.717) is 83.0 Å². The molecule has 24 heteroatoms. The zero-order valence-electron chi connectivity index (χ0n) is 53.0. The molecule has 3 amide bonds. The number of amides is 3. The van der Waals surface area contributed by atoms with Gasteiger partial charge in [0, 0.05) is 38.4 Å². The van der Waals surface area contributed by atoms with Gasteiger partial charge in [0.1, 0.15) is 23.1 Å². The molecule has 2 atom stereocenters. The van der Waals surface area contributed by atoms with Gasteiger partial charge in [-0.05, 0) is 136 Å². The van der Waals surface area contributed by atoms with Crippen LogP contribution >= 0.6 is 0 Å². The summed E-state index contributed by atoms with van der Waals surface area (Å²) in [5, 5.41) is 26.9. The van der Waals surface area contributed by atoms with Gasteiger partial charge in [-0.15, -0.1) is 0 Å². The Kier molecular flexibility index (Phi) is 19.1. The van der Waals surface area contributed by atoms with Crippen LogP contribution in [0.4, 0.5) is 63.3 Å². The first-order chi connectivity index (χ1) is 44.3. The lowest BCUT2D eigenvalue weighted by Gasteiger charge is -2.37. The first kappa shape index (κ1) is 62.1. The second-order valence-electron chi connectivity index (χ2n) is 24.9. The summed E-state index contributed by atoms with van der Waals surface area (Å²) in [6, 6.07) is 20.3. The lowest BCUT2D eigenvalue weighted by molar-refractivity contribution is -0.116. The molecule has 1 saturated heterocycles. The van der Waals surface area contributed by atoms with Crippen LogP contribution in [0.2, 0.25) is 0 Å². The molecule has 24 nitrogen and oxygen atoms in total. The van der Waals surface area contributed by atoms with E-state index in [1.807, 2.05) is 33.8 Å². The van der Waals surface area contributed by atoms with Crippen LogP contribution in [0, 0.1) is 17.2 Å². The molecule has 0 radical (unpaired) electrons. The van der Waals surface area contributed by atoms with Crippen molar-refractivity contribution >= 4 is 81.1 Å². The quantitative estimate of drug-likeness (QED) is 0.0275. The van der Waals surface area contributed by atoms with Crippen LogP contribution in [-0.2, 0) is 40.4 Å². The number of fused-ring (bicyclic) bond motifs is 4. The van der Waals surface area contributed by atoms with Crippen molar-refractivity contribution in [1.82, 2.24) is 39.7 Å². The summed E-state index contributed by atoms with van der Waals surface area (Å²) >= 11 is 0. The monoisotopic (exact) mass is 1240 g/mol. The topological polar surface area (TPSA) is 282 Å². The fourth-order valence-corrected chi connectivity index (χ4v) is 12.8. The van der Waals surface area contributed by atoms with Crippen molar-refractivity contribution in [1.29, 1.82) is 5.26 Å². The molecule has 12 rings (SSSR count). The summed E-state index contributed by atoms with van der Waals surface area (Å²) in [5.74, 6) is 1.95. The molecular formula is C67H84N18O6. The zero-order valence-corrected chi connectivity index (χ0v) is 53.0. The Morgan fingerprint density at radius 2 is 1.20 bits per heavy atom. The third-order valence-corrected chi connectivity index (χ3v) is 18.2. The van der Waals surface area contributed by atoms with Crippen molar-refractivity contribution < 1.29 is 28.6 Å². The van der Waals surface area contributed by atoms with Gasteiger partial charge >= 0.3 is 18.0 Å². The highest BCUT2D eigenvalue weighted by Crippen LogP contribution is 2.45. The second kappa shape index (κ2) is 28.0. The van der Waals surface area contributed by atoms with Crippen LogP contribution in [0.3, 0.4) is 0 Å². The van der Waals surface area contributed by atoms with E-state index in [4.69, 9.17) is 44.9 Å². The molecule has 6 aliphatic rings. The minimum Gasteiger partial charge on any atom is -0.463 e. The molecular weight excluding hydrogens is 1150 g/mol. The highest BCUT2D eigenvalue weighted by molar-refractivity contribution is 6.06. The molecule has 3 aromatic heterocycles. The summed E-state index contributed by atoms with van der Waals surface area (Å²) in [6.45, 7) is 17.5. The van der Waals surface area contributed by atoms with Crippen molar-refractivity contribution in [2.45, 2.75) is 143 Å². The molecule has 478 valence electrons. The van der Waals surface area contributed by atoms with Gasteiger partial charge in [-0.3, -0.25) is 24.2 Å². The van der Waals surface area contributed by atoms with E-state index in [1.165, 1.54) is 48.8 Å². The summed E-state index contributed by atoms with van der Waals surface area (Å²) in [7, 11) is 0. The Morgan fingerprint density at radius 3 is 1.80 bits per heavy atom. The normalized spacial score (nSPS) is 17.1. The van der Waals surface area contributed by atoms with Gasteiger partial charge in [0.15, 0.2) is 34.9 Å². The zero-order chi connectivity index (χ0) is 63.1. The number of hydrogen-bond donors (Lipinski definition) is 6. The first-order valence-electron chi connectivity index (χ1n) is 32.7. The number of nitrogens with two attached hydrogens (primary N) is 1. The maximum absolute atomic E-state index is 14.3. The van der Waals surface area contributed by atoms with E-state index in [1.54, 1.807) is 6.07 Å². The molecule has 0 bridgehead atoms. The predicted molar refractivity (Wildman–Crippen MR) is 352 cm³/mol. The largest absolute Gasteiger partial charge is 0.463 e. The Bertz CT molecular complexity index is 3720. The van der Waals surface area contributed by atoms with Gasteiger partial charge in [-0.1, -0.05) is 82.9 Å². The van der Waals surface area contributed by atoms with E-state index in [9.17, 15) is 19.6 Å². The maximum Gasteiger partial charge on any atom is 0.320 e. The van der Waals surface area contributed by atoms with E-state index in [2.05, 4.69) is 112 Å². The Labute approximate surface area is 532 Å². The number of carbonyl (C=O) groups excluding carboxylic acids is 3. The average molecular weight is 1240 g/mol. The van der Waals surface area contributed by atoms with Gasteiger partial charge in [0.25, 0.3) is 0 Å². The number of nitrogens with zero attached hydrogens (tertiary/aromatic N) is 12. The van der Waals surface area contributed by atoms with E-state index >= 15 is 0 Å². The second-order valence-corrected chi connectivity index (χ2v) is 24.9. The van der Waals surface area contributed by atoms with Crippen LogP contribution in [0.15, 0.2) is 54.6 Å². The number of nitriles is 1. The molecule has 1 aliphatic carbocycles. The Hall–Kier alpha value is -9.08. The van der Waals surface area contributed by atoms with Gasteiger partial charge in [-0.2, -0.15) is 35.2 Å². The number of unbranched alkanes of at least 4 members (excludes halogenated alkanes) is 3. The number of hydrogen-bond acceptors (Lipinski definition) is 21. The van der Waals surface area contributed by atoms with Gasteiger partial charge in [-0.25, -0.2) is 0 Å². The average Bonchev–Trinajstić information content (AvgIpc) is 1.37. The van der Waals surface area contributed by atoms with Crippen molar-refractivity contribution in [3.8, 4) is 24.1 Å². The Balaban J connectivity index is 0.887. The molecule has 1 saturated carbocycles. The number of aromatic nitrogens is 6. The predicted octanol–water partition coefficient (Wildman–Crippen LogP) is 10.3. The minimum atomic E-state index is -0.536. The number of nitrogen functional groups attached to an aromatic ring is 1. The lowest BCUT2D eigenvalue weighted by Crippen LogP contribution is -2.41. The molecule has 3 aromatic carbocycles. The standard InChI is InChI=1S/C67H84N18O6/c1-6-9-26-89-65-75-59(69)56-62(78-65)83(38-53(86)72-56)37-50-30-49-36-82(34-43-16-14-17-43)25-22-47(49)32-52(50)71-61-58-64(80-67(77-61)91-28-11-8-3)85(40-55(88)74-58)42(5)46-20-21-48(33-68)51(31-46)70-60-57-63(79-66(76-60)90-27-10-7-2)84(39-54(87)73-57)41(4)45-19-15-18-44(29-45)35-81-23-12-13-24-81/h15,18-21,29-32,41-43H,6-14,16-17,22-28,34-40H2,1-5H3,(H,72,86)(H,73,87)(H,74,88)(H2,69,75,78)(H,70,76,79)(H,71,77,80). The summed E-state index contributed by atoms with van der Waals surface area (Å²) in [5.41, 5.74) is 15.2. The molecule has 8 heterocycles. The maximum atomic E-state index is 14.3. The minimum absolute atomic E-state index is 0.00517. The molecule has 91 heavy (non-hydrogen) atoms. The van der Waals surface area contributed by atoms with Crippen molar-refractivity contribution in [3.63, 3.8) is 0 Å². The number of likely N-dealkylation sites (tertiary alicyclic amines) is 1. The van der Waals surface area contributed by atoms with Crippen molar-refractivity contribution in [3.05, 3.63) is 93.5 Å². The molecule has 5 aliphatic heterocycles. The van der Waals surface area contributed by atoms with Gasteiger partial charge in [0.2, 0.25) is 17.7 Å². The first-order valence-corrected chi connectivity index (χ1v) is 32.7. The van der Waals surface area contributed by atoms with Crippen LogP contribution in [-0.4, -0.2) is 123 Å². The molecule has 2 fully saturated rings.